The highest BCUT2D eigenvalue weighted by molar-refractivity contribution is 7.88. The van der Waals surface area contributed by atoms with Gasteiger partial charge in [0.25, 0.3) is 0 Å². The lowest BCUT2D eigenvalue weighted by Gasteiger charge is -2.11. The van der Waals surface area contributed by atoms with Crippen LogP contribution in [0.1, 0.15) is 18.4 Å². The van der Waals surface area contributed by atoms with E-state index in [9.17, 15) is 18.0 Å². The number of carbonyl (C=O) groups excluding carboxylic acids is 2. The number of sulfonamides is 1. The van der Waals surface area contributed by atoms with Crippen LogP contribution >= 0.6 is 0 Å². The predicted octanol–water partition coefficient (Wildman–Crippen LogP) is 0.243. The predicted molar refractivity (Wildman–Crippen MR) is 84.9 cm³/mol. The molecule has 22 heavy (non-hydrogen) atoms. The highest BCUT2D eigenvalue weighted by atomic mass is 32.2. The van der Waals surface area contributed by atoms with Crippen molar-refractivity contribution in [2.75, 3.05) is 25.2 Å². The van der Waals surface area contributed by atoms with Gasteiger partial charge in [0.15, 0.2) is 0 Å². The maximum Gasteiger partial charge on any atom is 0.225 e. The molecular weight excluding hydrogens is 306 g/mol. The molecule has 8 heteroatoms. The van der Waals surface area contributed by atoms with Gasteiger partial charge in [0.1, 0.15) is 0 Å². The fourth-order valence-electron chi connectivity index (χ4n) is 1.80. The van der Waals surface area contributed by atoms with Crippen LogP contribution in [0.15, 0.2) is 24.3 Å². The molecular formula is C14H21N3O4S. The highest BCUT2D eigenvalue weighted by Crippen LogP contribution is 2.17. The van der Waals surface area contributed by atoms with Crippen LogP contribution in [0.3, 0.4) is 0 Å². The van der Waals surface area contributed by atoms with Crippen LogP contribution in [-0.4, -0.2) is 40.1 Å². The lowest BCUT2D eigenvalue weighted by atomic mass is 10.1. The summed E-state index contributed by atoms with van der Waals surface area (Å²) >= 11 is 0. The molecule has 0 saturated heterocycles. The molecule has 7 nitrogen and oxygen atoms in total. The van der Waals surface area contributed by atoms with Crippen LogP contribution in [0.5, 0.6) is 0 Å². The van der Waals surface area contributed by atoms with Gasteiger partial charge in [0.05, 0.1) is 6.26 Å². The first-order chi connectivity index (χ1) is 10.3. The van der Waals surface area contributed by atoms with Gasteiger partial charge in [-0.3, -0.25) is 9.59 Å². The van der Waals surface area contributed by atoms with Crippen molar-refractivity contribution >= 4 is 27.5 Å². The molecule has 1 aromatic rings. The second-order valence-electron chi connectivity index (χ2n) is 4.80. The zero-order valence-corrected chi connectivity index (χ0v) is 13.5. The van der Waals surface area contributed by atoms with Gasteiger partial charge < -0.3 is 10.6 Å². The first-order valence-electron chi connectivity index (χ1n) is 6.85. The number of hydrogen-bond donors (Lipinski definition) is 3. The summed E-state index contributed by atoms with van der Waals surface area (Å²) in [5, 5.41) is 5.28. The van der Waals surface area contributed by atoms with Gasteiger partial charge in [-0.2, -0.15) is 0 Å². The smallest absolute Gasteiger partial charge is 0.225 e. The Morgan fingerprint density at radius 2 is 1.77 bits per heavy atom. The normalized spacial score (nSPS) is 11.0. The van der Waals surface area contributed by atoms with Crippen molar-refractivity contribution in [3.05, 3.63) is 29.8 Å². The Kier molecular flexibility index (Phi) is 7.00. The van der Waals surface area contributed by atoms with Crippen LogP contribution < -0.4 is 15.4 Å². The molecule has 1 aromatic carbocycles. The largest absolute Gasteiger partial charge is 0.359 e. The summed E-state index contributed by atoms with van der Waals surface area (Å²) in [7, 11) is -1.72. The third-order valence-corrected chi connectivity index (χ3v) is 3.64. The van der Waals surface area contributed by atoms with Gasteiger partial charge in [-0.1, -0.05) is 18.2 Å². The lowest BCUT2D eigenvalue weighted by molar-refractivity contribution is -0.120. The van der Waals surface area contributed by atoms with Crippen molar-refractivity contribution in [3.8, 4) is 0 Å². The molecule has 0 atom stereocenters. The van der Waals surface area contributed by atoms with Gasteiger partial charge in [-0.05, 0) is 18.1 Å². The third kappa shape index (κ3) is 7.19. The number of nitrogens with one attached hydrogen (secondary N) is 3. The Morgan fingerprint density at radius 3 is 2.41 bits per heavy atom. The number of benzene rings is 1. The van der Waals surface area contributed by atoms with E-state index in [0.717, 1.165) is 11.8 Å². The molecule has 0 aromatic heterocycles. The summed E-state index contributed by atoms with van der Waals surface area (Å²) in [6, 6.07) is 7.21. The molecule has 0 heterocycles. The average Bonchev–Trinajstić information content (AvgIpc) is 2.44. The molecule has 0 bridgehead atoms. The molecule has 0 aliphatic carbocycles. The molecule has 0 unspecified atom stereocenters. The minimum absolute atomic E-state index is 0.0385. The van der Waals surface area contributed by atoms with Crippen molar-refractivity contribution in [1.29, 1.82) is 0 Å². The second-order valence-corrected chi connectivity index (χ2v) is 6.63. The lowest BCUT2D eigenvalue weighted by Crippen LogP contribution is -2.26. The Morgan fingerprint density at radius 1 is 1.09 bits per heavy atom. The van der Waals surface area contributed by atoms with E-state index in [1.54, 1.807) is 19.2 Å². The summed E-state index contributed by atoms with van der Waals surface area (Å²) in [4.78, 5) is 23.1. The summed E-state index contributed by atoms with van der Waals surface area (Å²) in [5.74, 6) is -0.359. The molecule has 0 spiro atoms. The van der Waals surface area contributed by atoms with Crippen LogP contribution in [0.25, 0.3) is 0 Å². The molecule has 2 amide bonds. The van der Waals surface area contributed by atoms with Crippen LogP contribution in [0.2, 0.25) is 0 Å². The number of para-hydroxylation sites is 1. The molecule has 122 valence electrons. The van der Waals surface area contributed by atoms with Crippen molar-refractivity contribution in [2.45, 2.75) is 19.3 Å². The second kappa shape index (κ2) is 8.50. The van der Waals surface area contributed by atoms with Crippen molar-refractivity contribution < 1.29 is 18.0 Å². The maximum absolute atomic E-state index is 11.8. The van der Waals surface area contributed by atoms with Gasteiger partial charge in [-0.25, -0.2) is 13.1 Å². The highest BCUT2D eigenvalue weighted by Gasteiger charge is 2.09. The number of aryl methyl sites for hydroxylation is 1. The van der Waals surface area contributed by atoms with Gasteiger partial charge in [0.2, 0.25) is 21.8 Å². The minimum atomic E-state index is -3.30. The van der Waals surface area contributed by atoms with Crippen LogP contribution in [-0.2, 0) is 26.0 Å². The van der Waals surface area contributed by atoms with E-state index in [0.29, 0.717) is 18.5 Å². The van der Waals surface area contributed by atoms with E-state index < -0.39 is 10.0 Å². The van der Waals surface area contributed by atoms with Crippen molar-refractivity contribution in [3.63, 3.8) is 0 Å². The zero-order valence-electron chi connectivity index (χ0n) is 12.7. The van der Waals surface area contributed by atoms with Crippen molar-refractivity contribution in [1.82, 2.24) is 10.0 Å². The number of amides is 2. The Bertz CT molecular complexity index is 629. The fourth-order valence-corrected chi connectivity index (χ4v) is 2.27. The molecule has 0 saturated carbocycles. The van der Waals surface area contributed by atoms with Gasteiger partial charge in [-0.15, -0.1) is 0 Å². The monoisotopic (exact) mass is 327 g/mol. The SMILES string of the molecule is CNC(=O)CCc1ccccc1NC(=O)CCNS(C)(=O)=O. The number of carbonyl (C=O) groups is 2. The summed E-state index contributed by atoms with van der Waals surface area (Å²) in [6.07, 6.45) is 1.92. The van der Waals surface area contributed by atoms with Crippen LogP contribution in [0, 0.1) is 0 Å². The van der Waals surface area contributed by atoms with Crippen molar-refractivity contribution in [2.24, 2.45) is 0 Å². The Balaban J connectivity index is 2.57. The van der Waals surface area contributed by atoms with E-state index in [1.807, 2.05) is 12.1 Å². The first kappa shape index (κ1) is 18.1. The number of rotatable bonds is 8. The third-order valence-electron chi connectivity index (χ3n) is 2.91. The molecule has 3 N–H and O–H groups in total. The van der Waals surface area contributed by atoms with E-state index in [1.165, 1.54) is 0 Å². The topological polar surface area (TPSA) is 104 Å². The van der Waals surface area contributed by atoms with Gasteiger partial charge in [0, 0.05) is 32.1 Å². The average molecular weight is 327 g/mol. The number of hydrogen-bond acceptors (Lipinski definition) is 4. The summed E-state index contributed by atoms with van der Waals surface area (Å²) in [6.45, 7) is 0.0467. The number of anilines is 1. The van der Waals surface area contributed by atoms with E-state index in [-0.39, 0.29) is 24.8 Å². The first-order valence-corrected chi connectivity index (χ1v) is 8.74. The quantitative estimate of drug-likeness (QED) is 0.636. The molecule has 0 fully saturated rings. The maximum atomic E-state index is 11.8. The van der Waals surface area contributed by atoms with E-state index in [4.69, 9.17) is 0 Å². The van der Waals surface area contributed by atoms with Gasteiger partial charge >= 0.3 is 0 Å². The Labute approximate surface area is 130 Å². The van der Waals surface area contributed by atoms with Crippen LogP contribution in [0.4, 0.5) is 5.69 Å². The Hall–Kier alpha value is -1.93. The molecule has 0 radical (unpaired) electrons. The standard InChI is InChI=1S/C14H21N3O4S/c1-15-13(18)8-7-11-5-3-4-6-12(11)17-14(19)9-10-16-22(2,20)21/h3-6,16H,7-10H2,1-2H3,(H,15,18)(H,17,19). The molecule has 0 aliphatic rings. The summed E-state index contributed by atoms with van der Waals surface area (Å²) < 4.78 is 24.1. The fraction of sp³-hybridized carbons (Fsp3) is 0.429. The zero-order chi connectivity index (χ0) is 16.6. The summed E-state index contributed by atoms with van der Waals surface area (Å²) in [5.41, 5.74) is 1.49. The molecule has 0 aliphatic heterocycles. The molecule has 1 rings (SSSR count). The van der Waals surface area contributed by atoms with E-state index >= 15 is 0 Å². The minimum Gasteiger partial charge on any atom is -0.359 e. The van der Waals surface area contributed by atoms with E-state index in [2.05, 4.69) is 15.4 Å².